The van der Waals surface area contributed by atoms with Crippen LogP contribution in [0.15, 0.2) is 23.2 Å². The fourth-order valence-electron chi connectivity index (χ4n) is 3.41. The molecule has 1 saturated carbocycles. The van der Waals surface area contributed by atoms with Crippen LogP contribution in [0.2, 0.25) is 0 Å². The minimum atomic E-state index is 0.0936. The second kappa shape index (κ2) is 6.43. The van der Waals surface area contributed by atoms with E-state index in [1.807, 2.05) is 22.7 Å². The molecule has 6 heteroatoms. The van der Waals surface area contributed by atoms with Crippen LogP contribution in [0, 0.1) is 5.92 Å². The molecule has 1 saturated heterocycles. The van der Waals surface area contributed by atoms with Crippen LogP contribution in [0.3, 0.4) is 0 Å². The molecule has 3 heterocycles. The number of aromatic nitrogens is 3. The van der Waals surface area contributed by atoms with Gasteiger partial charge >= 0.3 is 0 Å². The molecule has 2 aliphatic rings. The maximum absolute atomic E-state index is 12.8. The zero-order chi connectivity index (χ0) is 15.6. The zero-order valence-corrected chi connectivity index (χ0v) is 14.0. The van der Waals surface area contributed by atoms with Crippen molar-refractivity contribution in [3.05, 3.63) is 34.5 Å². The molecule has 1 unspecified atom stereocenters. The third kappa shape index (κ3) is 3.32. The van der Waals surface area contributed by atoms with Gasteiger partial charge in [0.1, 0.15) is 6.33 Å². The van der Waals surface area contributed by atoms with E-state index in [4.69, 9.17) is 0 Å². The first kappa shape index (κ1) is 14.9. The molecule has 0 N–H and O–H groups in total. The smallest absolute Gasteiger partial charge is 0.227 e. The molecule has 1 aliphatic carbocycles. The molecule has 1 aliphatic heterocycles. The van der Waals surface area contributed by atoms with Crippen LogP contribution in [0.5, 0.6) is 0 Å². The third-order valence-electron chi connectivity index (χ3n) is 4.85. The van der Waals surface area contributed by atoms with Crippen molar-refractivity contribution in [1.29, 1.82) is 0 Å². The highest BCUT2D eigenvalue weighted by Crippen LogP contribution is 2.34. The molecule has 122 valence electrons. The molecule has 5 nitrogen and oxygen atoms in total. The Kier molecular flexibility index (Phi) is 4.16. The lowest BCUT2D eigenvalue weighted by Gasteiger charge is -2.35. The Hall–Kier alpha value is -1.69. The molecule has 0 spiro atoms. The first-order chi connectivity index (χ1) is 11.3. The predicted molar refractivity (Wildman–Crippen MR) is 89.1 cm³/mol. The average molecular weight is 330 g/mol. The summed E-state index contributed by atoms with van der Waals surface area (Å²) >= 11 is 1.65. The van der Waals surface area contributed by atoms with E-state index in [1.54, 1.807) is 11.3 Å². The Morgan fingerprint density at radius 1 is 1.30 bits per heavy atom. The van der Waals surface area contributed by atoms with Crippen molar-refractivity contribution in [2.45, 2.75) is 51.1 Å². The number of carbonyl (C=O) groups is 1. The molecule has 0 bridgehead atoms. The van der Waals surface area contributed by atoms with Gasteiger partial charge in [-0.25, -0.2) is 0 Å². The van der Waals surface area contributed by atoms with Crippen molar-refractivity contribution < 1.29 is 4.79 Å². The molecule has 2 fully saturated rings. The van der Waals surface area contributed by atoms with Gasteiger partial charge in [-0.05, 0) is 60.4 Å². The van der Waals surface area contributed by atoms with Crippen LogP contribution in [-0.2, 0) is 17.8 Å². The van der Waals surface area contributed by atoms with Crippen LogP contribution in [0.25, 0.3) is 0 Å². The fourth-order valence-corrected chi connectivity index (χ4v) is 4.08. The number of amides is 1. The minimum absolute atomic E-state index is 0.0936. The van der Waals surface area contributed by atoms with E-state index in [-0.39, 0.29) is 11.9 Å². The SMILES string of the molecule is O=C(Cc1ccsc1)N1CCCCC1c1nncn1CC1CC1. The monoisotopic (exact) mass is 330 g/mol. The summed E-state index contributed by atoms with van der Waals surface area (Å²) in [6.07, 6.45) is 8.19. The van der Waals surface area contributed by atoms with Gasteiger partial charge in [-0.1, -0.05) is 0 Å². The lowest BCUT2D eigenvalue weighted by Crippen LogP contribution is -2.40. The highest BCUT2D eigenvalue weighted by molar-refractivity contribution is 7.07. The van der Waals surface area contributed by atoms with Crippen molar-refractivity contribution in [3.63, 3.8) is 0 Å². The highest BCUT2D eigenvalue weighted by atomic mass is 32.1. The number of hydrogen-bond acceptors (Lipinski definition) is 4. The van der Waals surface area contributed by atoms with Crippen LogP contribution < -0.4 is 0 Å². The van der Waals surface area contributed by atoms with E-state index in [0.717, 1.165) is 49.7 Å². The Bertz CT molecular complexity index is 662. The first-order valence-corrected chi connectivity index (χ1v) is 9.44. The number of nitrogens with zero attached hydrogens (tertiary/aromatic N) is 4. The molecule has 2 aromatic heterocycles. The number of piperidine rings is 1. The van der Waals surface area contributed by atoms with Gasteiger partial charge in [0.05, 0.1) is 12.5 Å². The summed E-state index contributed by atoms with van der Waals surface area (Å²) in [6.45, 7) is 1.84. The van der Waals surface area contributed by atoms with Gasteiger partial charge in [0.25, 0.3) is 0 Å². The molecule has 2 aromatic rings. The number of hydrogen-bond donors (Lipinski definition) is 0. The molecule has 23 heavy (non-hydrogen) atoms. The molecular formula is C17H22N4OS. The molecule has 1 amide bonds. The maximum Gasteiger partial charge on any atom is 0.227 e. The summed E-state index contributed by atoms with van der Waals surface area (Å²) in [6, 6.07) is 2.13. The van der Waals surface area contributed by atoms with Gasteiger partial charge in [-0.3, -0.25) is 4.79 Å². The van der Waals surface area contributed by atoms with Crippen LogP contribution in [-0.4, -0.2) is 32.1 Å². The molecule has 1 atom stereocenters. The van der Waals surface area contributed by atoms with E-state index in [2.05, 4.69) is 20.1 Å². The number of thiophene rings is 1. The van der Waals surface area contributed by atoms with Gasteiger partial charge < -0.3 is 9.47 Å². The van der Waals surface area contributed by atoms with Crippen molar-refractivity contribution in [3.8, 4) is 0 Å². The van der Waals surface area contributed by atoms with Gasteiger partial charge in [-0.15, -0.1) is 10.2 Å². The van der Waals surface area contributed by atoms with Crippen molar-refractivity contribution >= 4 is 17.2 Å². The quantitative estimate of drug-likeness (QED) is 0.847. The Balaban J connectivity index is 1.53. The molecule has 0 radical (unpaired) electrons. The van der Waals surface area contributed by atoms with E-state index < -0.39 is 0 Å². The van der Waals surface area contributed by atoms with Crippen LogP contribution in [0.4, 0.5) is 0 Å². The zero-order valence-electron chi connectivity index (χ0n) is 13.2. The summed E-state index contributed by atoms with van der Waals surface area (Å²) in [5.74, 6) is 1.98. The second-order valence-electron chi connectivity index (χ2n) is 6.69. The van der Waals surface area contributed by atoms with Crippen molar-refractivity contribution in [2.24, 2.45) is 5.92 Å². The summed E-state index contributed by atoms with van der Waals surface area (Å²) in [5.41, 5.74) is 1.11. The van der Waals surface area contributed by atoms with E-state index in [1.165, 1.54) is 12.8 Å². The lowest BCUT2D eigenvalue weighted by atomic mass is 10.00. The summed E-state index contributed by atoms with van der Waals surface area (Å²) in [4.78, 5) is 14.8. The normalized spacial score (nSPS) is 21.6. The predicted octanol–water partition coefficient (Wildman–Crippen LogP) is 3.05. The Labute approximate surface area is 140 Å². The Morgan fingerprint density at radius 3 is 3.00 bits per heavy atom. The summed E-state index contributed by atoms with van der Waals surface area (Å²) in [7, 11) is 0. The van der Waals surface area contributed by atoms with Gasteiger partial charge in [0.2, 0.25) is 5.91 Å². The van der Waals surface area contributed by atoms with Crippen LogP contribution >= 0.6 is 11.3 Å². The van der Waals surface area contributed by atoms with Gasteiger partial charge in [0.15, 0.2) is 5.82 Å². The first-order valence-electron chi connectivity index (χ1n) is 8.49. The summed E-state index contributed by atoms with van der Waals surface area (Å²) in [5, 5.41) is 12.6. The topological polar surface area (TPSA) is 51.0 Å². The average Bonchev–Trinajstić information content (AvgIpc) is 3.04. The largest absolute Gasteiger partial charge is 0.332 e. The highest BCUT2D eigenvalue weighted by Gasteiger charge is 2.32. The van der Waals surface area contributed by atoms with Crippen LogP contribution in [0.1, 0.15) is 49.5 Å². The molecule has 4 rings (SSSR count). The van der Waals surface area contributed by atoms with Gasteiger partial charge in [-0.2, -0.15) is 11.3 Å². The number of carbonyl (C=O) groups excluding carboxylic acids is 1. The van der Waals surface area contributed by atoms with E-state index >= 15 is 0 Å². The lowest BCUT2D eigenvalue weighted by molar-refractivity contribution is -0.134. The summed E-state index contributed by atoms with van der Waals surface area (Å²) < 4.78 is 2.18. The van der Waals surface area contributed by atoms with E-state index in [0.29, 0.717) is 6.42 Å². The maximum atomic E-state index is 12.8. The van der Waals surface area contributed by atoms with Gasteiger partial charge in [0, 0.05) is 13.1 Å². The second-order valence-corrected chi connectivity index (χ2v) is 7.47. The molecule has 0 aromatic carbocycles. The van der Waals surface area contributed by atoms with E-state index in [9.17, 15) is 4.79 Å². The number of rotatable bonds is 5. The number of likely N-dealkylation sites (tertiary alicyclic amines) is 1. The Morgan fingerprint density at radius 2 is 2.22 bits per heavy atom. The standard InChI is InChI=1S/C17H22N4OS/c22-16(9-14-6-8-23-11-14)21-7-2-1-3-15(21)17-19-18-12-20(17)10-13-4-5-13/h6,8,11-13,15H,1-5,7,9-10H2. The fraction of sp³-hybridized carbons (Fsp3) is 0.588. The van der Waals surface area contributed by atoms with Crippen molar-refractivity contribution in [1.82, 2.24) is 19.7 Å². The third-order valence-corrected chi connectivity index (χ3v) is 5.59. The van der Waals surface area contributed by atoms with Crippen molar-refractivity contribution in [2.75, 3.05) is 6.54 Å². The molecular weight excluding hydrogens is 308 g/mol. The minimum Gasteiger partial charge on any atom is -0.332 e.